The van der Waals surface area contributed by atoms with Gasteiger partial charge in [0, 0.05) is 26.8 Å². The molecule has 0 aliphatic carbocycles. The van der Waals surface area contributed by atoms with Crippen LogP contribution >= 0.6 is 0 Å². The van der Waals surface area contributed by atoms with Crippen molar-refractivity contribution in [2.75, 3.05) is 33.5 Å². The summed E-state index contributed by atoms with van der Waals surface area (Å²) in [5, 5.41) is 11.9. The maximum atomic E-state index is 8.67. The van der Waals surface area contributed by atoms with Crippen LogP contribution in [-0.2, 0) is 11.3 Å². The molecule has 0 spiro atoms. The van der Waals surface area contributed by atoms with Crippen molar-refractivity contribution >= 4 is 0 Å². The number of methoxy groups -OCH3 is 1. The molecule has 5 heteroatoms. The first-order valence-electron chi connectivity index (χ1n) is 7.25. The number of aliphatic hydroxyl groups excluding tert-OH is 1. The van der Waals surface area contributed by atoms with Crippen molar-refractivity contribution in [1.29, 1.82) is 0 Å². The molecule has 1 aromatic rings. The van der Waals surface area contributed by atoms with Crippen LogP contribution < -0.4 is 10.1 Å². The van der Waals surface area contributed by atoms with Crippen LogP contribution in [0.5, 0.6) is 5.75 Å². The van der Waals surface area contributed by atoms with E-state index in [1.165, 1.54) is 0 Å². The van der Waals surface area contributed by atoms with E-state index in [4.69, 9.17) is 14.6 Å². The fourth-order valence-corrected chi connectivity index (χ4v) is 1.75. The monoisotopic (exact) mass is 282 g/mol. The van der Waals surface area contributed by atoms with E-state index in [0.29, 0.717) is 13.2 Å². The van der Waals surface area contributed by atoms with Gasteiger partial charge in [-0.1, -0.05) is 6.42 Å². The van der Waals surface area contributed by atoms with Crippen LogP contribution in [0.3, 0.4) is 0 Å². The van der Waals surface area contributed by atoms with Crippen LogP contribution in [0.4, 0.5) is 0 Å². The topological polar surface area (TPSA) is 63.6 Å². The summed E-state index contributed by atoms with van der Waals surface area (Å²) in [6.45, 7) is 3.26. The largest absolute Gasteiger partial charge is 0.492 e. The summed E-state index contributed by atoms with van der Waals surface area (Å²) in [6, 6.07) is 3.93. The number of aromatic nitrogens is 1. The minimum Gasteiger partial charge on any atom is -0.492 e. The summed E-state index contributed by atoms with van der Waals surface area (Å²) in [6.07, 6.45) is 5.81. The van der Waals surface area contributed by atoms with E-state index < -0.39 is 0 Å². The van der Waals surface area contributed by atoms with E-state index in [9.17, 15) is 0 Å². The van der Waals surface area contributed by atoms with Crippen LogP contribution in [-0.4, -0.2) is 43.6 Å². The fraction of sp³-hybridized carbons (Fsp3) is 0.667. The Morgan fingerprint density at radius 3 is 2.70 bits per heavy atom. The Hall–Kier alpha value is -1.17. The van der Waals surface area contributed by atoms with Gasteiger partial charge < -0.3 is 19.9 Å². The average molecular weight is 282 g/mol. The summed E-state index contributed by atoms with van der Waals surface area (Å²) in [5.41, 5.74) is 0.997. The highest BCUT2D eigenvalue weighted by Gasteiger charge is 1.97. The molecule has 2 N–H and O–H groups in total. The molecule has 0 fully saturated rings. The number of nitrogens with one attached hydrogen (secondary N) is 1. The first-order chi connectivity index (χ1) is 9.86. The minimum absolute atomic E-state index is 0.282. The van der Waals surface area contributed by atoms with E-state index >= 15 is 0 Å². The van der Waals surface area contributed by atoms with Crippen LogP contribution in [0.2, 0.25) is 0 Å². The smallest absolute Gasteiger partial charge is 0.137 e. The molecule has 0 atom stereocenters. The Morgan fingerprint density at radius 2 is 2.00 bits per heavy atom. The van der Waals surface area contributed by atoms with Gasteiger partial charge in [-0.05, 0) is 31.4 Å². The second kappa shape index (κ2) is 11.6. The number of hydrogen-bond donors (Lipinski definition) is 2. The molecule has 1 heterocycles. The van der Waals surface area contributed by atoms with Crippen LogP contribution in [0, 0.1) is 0 Å². The number of hydrogen-bond acceptors (Lipinski definition) is 5. The van der Waals surface area contributed by atoms with Gasteiger partial charge in [0.15, 0.2) is 0 Å². The van der Waals surface area contributed by atoms with Crippen molar-refractivity contribution < 1.29 is 14.6 Å². The van der Waals surface area contributed by atoms with Crippen LogP contribution in [0.1, 0.15) is 31.4 Å². The highest BCUT2D eigenvalue weighted by molar-refractivity contribution is 5.19. The number of pyridine rings is 1. The molecule has 20 heavy (non-hydrogen) atoms. The van der Waals surface area contributed by atoms with Gasteiger partial charge in [-0.15, -0.1) is 0 Å². The SMILES string of the molecule is COCCNCc1ccc(OCCCCCCO)cn1. The number of ether oxygens (including phenoxy) is 2. The highest BCUT2D eigenvalue weighted by atomic mass is 16.5. The second-order valence-electron chi connectivity index (χ2n) is 4.64. The molecule has 1 aromatic heterocycles. The molecule has 0 saturated carbocycles. The van der Waals surface area contributed by atoms with Crippen LogP contribution in [0.15, 0.2) is 18.3 Å². The van der Waals surface area contributed by atoms with Gasteiger partial charge in [0.05, 0.1) is 25.1 Å². The molecule has 5 nitrogen and oxygen atoms in total. The first kappa shape index (κ1) is 16.9. The zero-order valence-electron chi connectivity index (χ0n) is 12.3. The molecule has 114 valence electrons. The third-order valence-electron chi connectivity index (χ3n) is 2.91. The molecule has 0 radical (unpaired) electrons. The van der Waals surface area contributed by atoms with E-state index in [1.807, 2.05) is 12.1 Å². The Bertz CT molecular complexity index is 330. The summed E-state index contributed by atoms with van der Waals surface area (Å²) < 4.78 is 10.6. The van der Waals surface area contributed by atoms with Crippen molar-refractivity contribution in [1.82, 2.24) is 10.3 Å². The van der Waals surface area contributed by atoms with Gasteiger partial charge in [-0.25, -0.2) is 0 Å². The van der Waals surface area contributed by atoms with Gasteiger partial charge in [-0.3, -0.25) is 4.98 Å². The van der Waals surface area contributed by atoms with Crippen molar-refractivity contribution in [3.8, 4) is 5.75 Å². The molecule has 1 rings (SSSR count). The quantitative estimate of drug-likeness (QED) is 0.572. The Labute approximate surface area is 121 Å². The predicted molar refractivity (Wildman–Crippen MR) is 78.9 cm³/mol. The molecule has 0 aromatic carbocycles. The van der Waals surface area contributed by atoms with Crippen molar-refractivity contribution in [3.63, 3.8) is 0 Å². The van der Waals surface area contributed by atoms with Gasteiger partial charge in [0.25, 0.3) is 0 Å². The summed E-state index contributed by atoms with van der Waals surface area (Å²) in [4.78, 5) is 4.34. The zero-order valence-corrected chi connectivity index (χ0v) is 12.3. The van der Waals surface area contributed by atoms with Crippen molar-refractivity contribution in [2.24, 2.45) is 0 Å². The number of nitrogens with zero attached hydrogens (tertiary/aromatic N) is 1. The zero-order chi connectivity index (χ0) is 14.5. The lowest BCUT2D eigenvalue weighted by Gasteiger charge is -2.07. The molecular formula is C15H26N2O3. The lowest BCUT2D eigenvalue weighted by atomic mass is 10.2. The molecule has 0 amide bonds. The van der Waals surface area contributed by atoms with Gasteiger partial charge >= 0.3 is 0 Å². The van der Waals surface area contributed by atoms with E-state index in [0.717, 1.165) is 50.2 Å². The fourth-order valence-electron chi connectivity index (χ4n) is 1.75. The number of aliphatic hydroxyl groups is 1. The normalized spacial score (nSPS) is 10.7. The van der Waals surface area contributed by atoms with Gasteiger partial charge in [-0.2, -0.15) is 0 Å². The molecule has 0 aliphatic heterocycles. The lowest BCUT2D eigenvalue weighted by molar-refractivity contribution is 0.199. The Balaban J connectivity index is 2.12. The van der Waals surface area contributed by atoms with Crippen molar-refractivity contribution in [3.05, 3.63) is 24.0 Å². The number of rotatable bonds is 12. The Kier molecular flexibility index (Phi) is 9.83. The molecule has 0 aliphatic rings. The lowest BCUT2D eigenvalue weighted by Crippen LogP contribution is -2.19. The maximum absolute atomic E-state index is 8.67. The van der Waals surface area contributed by atoms with E-state index in [1.54, 1.807) is 13.3 Å². The third kappa shape index (κ3) is 8.09. The number of unbranched alkanes of at least 4 members (excludes halogenated alkanes) is 3. The predicted octanol–water partition coefficient (Wildman–Crippen LogP) is 1.75. The van der Waals surface area contributed by atoms with Crippen molar-refractivity contribution in [2.45, 2.75) is 32.2 Å². The summed E-state index contributed by atoms with van der Waals surface area (Å²) in [7, 11) is 1.69. The van der Waals surface area contributed by atoms with E-state index in [-0.39, 0.29) is 6.61 Å². The van der Waals surface area contributed by atoms with Gasteiger partial charge in [0.2, 0.25) is 0 Å². The summed E-state index contributed by atoms with van der Waals surface area (Å²) in [5.74, 6) is 0.813. The molecule has 0 bridgehead atoms. The molecule has 0 unspecified atom stereocenters. The van der Waals surface area contributed by atoms with Gasteiger partial charge in [0.1, 0.15) is 5.75 Å². The Morgan fingerprint density at radius 1 is 1.15 bits per heavy atom. The highest BCUT2D eigenvalue weighted by Crippen LogP contribution is 2.10. The first-order valence-corrected chi connectivity index (χ1v) is 7.25. The maximum Gasteiger partial charge on any atom is 0.137 e. The third-order valence-corrected chi connectivity index (χ3v) is 2.91. The molecule has 0 saturated heterocycles. The summed E-state index contributed by atoms with van der Waals surface area (Å²) >= 11 is 0. The minimum atomic E-state index is 0.282. The van der Waals surface area contributed by atoms with Crippen LogP contribution in [0.25, 0.3) is 0 Å². The molecular weight excluding hydrogens is 256 g/mol. The standard InChI is InChI=1S/C15H26N2O3/c1-19-11-8-16-12-14-6-7-15(13-17-14)20-10-5-3-2-4-9-18/h6-7,13,16,18H,2-5,8-12H2,1H3. The second-order valence-corrected chi connectivity index (χ2v) is 4.64. The van der Waals surface area contributed by atoms with E-state index in [2.05, 4.69) is 10.3 Å². The average Bonchev–Trinajstić information content (AvgIpc) is 2.49.